The number of carbonyl (C=O) groups is 3. The molecule has 0 bridgehead atoms. The Hall–Kier alpha value is -5.59. The van der Waals surface area contributed by atoms with Crippen molar-refractivity contribution in [2.75, 3.05) is 41.8 Å². The summed E-state index contributed by atoms with van der Waals surface area (Å²) in [5.41, 5.74) is 1.71. The summed E-state index contributed by atoms with van der Waals surface area (Å²) in [6.07, 6.45) is -1.35. The maximum absolute atomic E-state index is 13.9. The fraction of sp³-hybridized carbons (Fsp3) is 0.281. The summed E-state index contributed by atoms with van der Waals surface area (Å²) >= 11 is 0. The zero-order chi connectivity index (χ0) is 32.1. The Morgan fingerprint density at radius 1 is 0.889 bits per heavy atom. The number of carbonyl (C=O) groups excluding carboxylic acids is 2. The lowest BCUT2D eigenvalue weighted by atomic mass is 9.87. The van der Waals surface area contributed by atoms with Gasteiger partial charge in [-0.15, -0.1) is 0 Å². The number of aliphatic carboxylic acids is 1. The van der Waals surface area contributed by atoms with Gasteiger partial charge >= 0.3 is 23.8 Å². The van der Waals surface area contributed by atoms with Crippen LogP contribution in [0.25, 0.3) is 5.57 Å². The van der Waals surface area contributed by atoms with Crippen LogP contribution in [0.2, 0.25) is 0 Å². The third-order valence-corrected chi connectivity index (χ3v) is 7.22. The van der Waals surface area contributed by atoms with Gasteiger partial charge < -0.3 is 48.3 Å². The number of esters is 1. The van der Waals surface area contributed by atoms with Crippen molar-refractivity contribution in [1.29, 1.82) is 0 Å². The maximum Gasteiger partial charge on any atom is 0.410 e. The van der Waals surface area contributed by atoms with Crippen molar-refractivity contribution in [2.45, 2.75) is 18.6 Å². The van der Waals surface area contributed by atoms with Gasteiger partial charge in [-0.05, 0) is 59.7 Å². The predicted molar refractivity (Wildman–Crippen MR) is 157 cm³/mol. The van der Waals surface area contributed by atoms with Gasteiger partial charge in [0.25, 0.3) is 0 Å². The van der Waals surface area contributed by atoms with E-state index in [9.17, 15) is 14.4 Å². The van der Waals surface area contributed by atoms with Gasteiger partial charge in [0.15, 0.2) is 23.0 Å². The minimum absolute atomic E-state index is 0.000659. The second kappa shape index (κ2) is 13.0. The summed E-state index contributed by atoms with van der Waals surface area (Å²) in [7, 11) is 5.94. The number of rotatable bonds is 12. The van der Waals surface area contributed by atoms with E-state index in [0.717, 1.165) is 0 Å². The van der Waals surface area contributed by atoms with E-state index in [1.54, 1.807) is 54.6 Å². The minimum Gasteiger partial charge on any atom is -0.497 e. The normalized spacial score (nSPS) is 16.6. The average Bonchev–Trinajstić information content (AvgIpc) is 3.61. The van der Waals surface area contributed by atoms with Crippen LogP contribution in [-0.4, -0.2) is 64.9 Å². The molecular weight excluding hydrogens is 590 g/mol. The Morgan fingerprint density at radius 2 is 1.58 bits per heavy atom. The van der Waals surface area contributed by atoms with E-state index in [0.29, 0.717) is 51.2 Å². The number of ether oxygens (including phenoxy) is 8. The van der Waals surface area contributed by atoms with Crippen molar-refractivity contribution in [3.63, 3.8) is 0 Å². The average molecular weight is 622 g/mol. The highest BCUT2D eigenvalue weighted by Crippen LogP contribution is 2.50. The Balaban J connectivity index is 1.71. The standard InChI is InChI=1S/C32H31NO12/c1-38-21-8-6-20(7-9-21)32(45-31(37)33-12-11-27(34)35)22(13-18-14-25(39-2)29(41-4)26(15-18)40-3)28(30(36)44-32)19-5-10-23-24(16-19)43-17-42-23/h5-10,14-16H,11-13,17H2,1-4H3,(H,33,37)(H,34,35). The zero-order valence-corrected chi connectivity index (χ0v) is 25.0. The molecule has 13 heteroatoms. The fourth-order valence-corrected chi connectivity index (χ4v) is 5.14. The molecule has 0 aliphatic carbocycles. The van der Waals surface area contributed by atoms with Gasteiger partial charge in [0, 0.05) is 24.1 Å². The molecule has 1 unspecified atom stereocenters. The summed E-state index contributed by atoms with van der Waals surface area (Å²) in [6.45, 7) is -0.197. The smallest absolute Gasteiger partial charge is 0.410 e. The number of amides is 1. The second-order valence-corrected chi connectivity index (χ2v) is 9.83. The van der Waals surface area contributed by atoms with Gasteiger partial charge in [-0.2, -0.15) is 0 Å². The quantitative estimate of drug-likeness (QED) is 0.280. The molecule has 236 valence electrons. The topological polar surface area (TPSA) is 157 Å². The van der Waals surface area contributed by atoms with E-state index in [2.05, 4.69) is 5.32 Å². The molecule has 3 aromatic rings. The van der Waals surface area contributed by atoms with Gasteiger partial charge in [-0.1, -0.05) is 6.07 Å². The zero-order valence-electron chi connectivity index (χ0n) is 25.0. The number of fused-ring (bicyclic) bond motifs is 1. The first-order valence-electron chi connectivity index (χ1n) is 13.7. The van der Waals surface area contributed by atoms with Crippen molar-refractivity contribution in [2.24, 2.45) is 0 Å². The molecule has 5 rings (SSSR count). The van der Waals surface area contributed by atoms with Crippen molar-refractivity contribution in [1.82, 2.24) is 5.32 Å². The van der Waals surface area contributed by atoms with Crippen LogP contribution in [0.5, 0.6) is 34.5 Å². The molecular formula is C32H31NO12. The van der Waals surface area contributed by atoms with Crippen LogP contribution < -0.4 is 33.7 Å². The Kier molecular flexibility index (Phi) is 8.88. The predicted octanol–water partition coefficient (Wildman–Crippen LogP) is 4.06. The molecule has 2 N–H and O–H groups in total. The van der Waals surface area contributed by atoms with Crippen LogP contribution in [-0.2, 0) is 31.3 Å². The number of cyclic esters (lactones) is 1. The molecule has 13 nitrogen and oxygen atoms in total. The molecule has 0 aromatic heterocycles. The van der Waals surface area contributed by atoms with Crippen LogP contribution in [0.4, 0.5) is 4.79 Å². The minimum atomic E-state index is -2.08. The van der Waals surface area contributed by atoms with Crippen LogP contribution in [0, 0.1) is 0 Å². The van der Waals surface area contributed by atoms with E-state index in [1.165, 1.54) is 28.4 Å². The van der Waals surface area contributed by atoms with Gasteiger partial charge in [-0.25, -0.2) is 9.59 Å². The summed E-state index contributed by atoms with van der Waals surface area (Å²) in [5.74, 6) is -1.43. The molecule has 0 saturated carbocycles. The molecule has 0 saturated heterocycles. The first-order valence-corrected chi connectivity index (χ1v) is 13.7. The van der Waals surface area contributed by atoms with Gasteiger partial charge in [0.05, 0.1) is 40.4 Å². The largest absolute Gasteiger partial charge is 0.497 e. The maximum atomic E-state index is 13.9. The monoisotopic (exact) mass is 621 g/mol. The number of carboxylic acid groups (broad SMARTS) is 1. The van der Waals surface area contributed by atoms with E-state index >= 15 is 0 Å². The summed E-state index contributed by atoms with van der Waals surface area (Å²) < 4.78 is 44.9. The van der Waals surface area contributed by atoms with Crippen molar-refractivity contribution in [3.8, 4) is 34.5 Å². The Morgan fingerprint density at radius 3 is 2.20 bits per heavy atom. The van der Waals surface area contributed by atoms with Crippen molar-refractivity contribution in [3.05, 3.63) is 76.9 Å². The molecule has 2 aliphatic rings. The first-order chi connectivity index (χ1) is 21.7. The second-order valence-electron chi connectivity index (χ2n) is 9.83. The van der Waals surface area contributed by atoms with E-state index in [-0.39, 0.29) is 37.3 Å². The van der Waals surface area contributed by atoms with Gasteiger partial charge in [0.2, 0.25) is 12.5 Å². The lowest BCUT2D eigenvalue weighted by molar-refractivity contribution is -0.185. The van der Waals surface area contributed by atoms with E-state index < -0.39 is 23.8 Å². The fourth-order valence-electron chi connectivity index (χ4n) is 5.14. The highest BCUT2D eigenvalue weighted by Gasteiger charge is 2.53. The number of methoxy groups -OCH3 is 4. The molecule has 1 atom stereocenters. The molecule has 2 heterocycles. The van der Waals surface area contributed by atoms with Crippen molar-refractivity contribution >= 4 is 23.6 Å². The van der Waals surface area contributed by atoms with Crippen LogP contribution in [0.3, 0.4) is 0 Å². The SMILES string of the molecule is COc1ccc(C2(OC(=O)NCCC(=O)O)OC(=O)C(c3ccc4c(c3)OCO4)=C2Cc2cc(OC)c(OC)c(OC)c2)cc1. The molecule has 0 fully saturated rings. The van der Waals surface area contributed by atoms with E-state index in [4.69, 9.17) is 43.0 Å². The third kappa shape index (κ3) is 6.09. The number of hydrogen-bond acceptors (Lipinski definition) is 11. The lowest BCUT2D eigenvalue weighted by Gasteiger charge is -2.31. The molecule has 45 heavy (non-hydrogen) atoms. The van der Waals surface area contributed by atoms with Gasteiger partial charge in [0.1, 0.15) is 5.75 Å². The Bertz CT molecular complexity index is 1620. The summed E-state index contributed by atoms with van der Waals surface area (Å²) in [4.78, 5) is 38.2. The highest BCUT2D eigenvalue weighted by molar-refractivity contribution is 6.20. The first kappa shape index (κ1) is 30.9. The third-order valence-electron chi connectivity index (χ3n) is 7.22. The summed E-state index contributed by atoms with van der Waals surface area (Å²) in [6, 6.07) is 14.9. The van der Waals surface area contributed by atoms with Crippen LogP contribution in [0.1, 0.15) is 23.1 Å². The number of carboxylic acids is 1. The summed E-state index contributed by atoms with van der Waals surface area (Å²) in [5, 5.41) is 11.5. The number of benzene rings is 3. The van der Waals surface area contributed by atoms with Crippen LogP contribution in [0.15, 0.2) is 60.2 Å². The lowest BCUT2D eigenvalue weighted by Crippen LogP contribution is -2.40. The van der Waals surface area contributed by atoms with Crippen molar-refractivity contribution < 1.29 is 57.4 Å². The molecule has 0 radical (unpaired) electrons. The van der Waals surface area contributed by atoms with Gasteiger partial charge in [-0.3, -0.25) is 4.79 Å². The molecule has 2 aliphatic heterocycles. The Labute approximate surface area is 258 Å². The number of nitrogens with one attached hydrogen (secondary N) is 1. The number of alkyl carbamates (subject to hydrolysis) is 1. The molecule has 1 amide bonds. The number of hydrogen-bond donors (Lipinski definition) is 2. The highest BCUT2D eigenvalue weighted by atomic mass is 16.7. The molecule has 3 aromatic carbocycles. The molecule has 0 spiro atoms. The van der Waals surface area contributed by atoms with E-state index in [1.807, 2.05) is 0 Å². The van der Waals surface area contributed by atoms with Crippen LogP contribution >= 0.6 is 0 Å².